The van der Waals surface area contributed by atoms with Crippen LogP contribution in [0.5, 0.6) is 0 Å². The highest BCUT2D eigenvalue weighted by Crippen LogP contribution is 2.38. The molecule has 3 aromatic heterocycles. The van der Waals surface area contributed by atoms with Crippen LogP contribution in [0.1, 0.15) is 36.5 Å². The molecule has 0 bridgehead atoms. The van der Waals surface area contributed by atoms with Crippen LogP contribution in [0.15, 0.2) is 48.9 Å². The third kappa shape index (κ3) is 2.44. The highest BCUT2D eigenvalue weighted by molar-refractivity contribution is 6.00. The van der Waals surface area contributed by atoms with Gasteiger partial charge < -0.3 is 0 Å². The fourth-order valence-corrected chi connectivity index (χ4v) is 3.69. The summed E-state index contributed by atoms with van der Waals surface area (Å²) in [5, 5.41) is 9.84. The molecule has 4 heteroatoms. The number of unbranched alkanes of at least 4 members (excludes halogenated alkanes) is 1. The van der Waals surface area contributed by atoms with E-state index < -0.39 is 0 Å². The van der Waals surface area contributed by atoms with E-state index in [1.165, 1.54) is 5.56 Å². The molecule has 4 rings (SSSR count). The second-order valence-corrected chi connectivity index (χ2v) is 6.55. The zero-order chi connectivity index (χ0) is 18.1. The minimum absolute atomic E-state index is 0.683. The van der Waals surface area contributed by atoms with Crippen LogP contribution in [0.25, 0.3) is 27.8 Å². The average molecular weight is 340 g/mol. The van der Waals surface area contributed by atoms with E-state index in [0.29, 0.717) is 5.56 Å². The Morgan fingerprint density at radius 3 is 2.81 bits per heavy atom. The summed E-state index contributed by atoms with van der Waals surface area (Å²) in [5.74, 6) is 0. The third-order valence-corrected chi connectivity index (χ3v) is 4.98. The van der Waals surface area contributed by atoms with Crippen LogP contribution >= 0.6 is 0 Å². The Labute approximate surface area is 152 Å². The lowest BCUT2D eigenvalue weighted by atomic mass is 9.89. The summed E-state index contributed by atoms with van der Waals surface area (Å²) < 4.78 is 2.09. The predicted molar refractivity (Wildman–Crippen MR) is 104 cm³/mol. The lowest BCUT2D eigenvalue weighted by molar-refractivity contribution is 0.792. The van der Waals surface area contributed by atoms with Crippen molar-refractivity contribution in [3.63, 3.8) is 0 Å². The van der Waals surface area contributed by atoms with Crippen LogP contribution in [0.4, 0.5) is 0 Å². The van der Waals surface area contributed by atoms with Crippen LogP contribution in [0.2, 0.25) is 0 Å². The Morgan fingerprint density at radius 2 is 2.08 bits per heavy atom. The van der Waals surface area contributed by atoms with E-state index in [4.69, 9.17) is 4.98 Å². The molecule has 0 aliphatic heterocycles. The zero-order valence-electron chi connectivity index (χ0n) is 15.0. The number of nitriles is 1. The normalized spacial score (nSPS) is 11.1. The van der Waals surface area contributed by atoms with Crippen LogP contribution in [-0.2, 0) is 6.42 Å². The standard InChI is InChI=1S/C22H20N4/c1-3-4-9-17-15(2)18(13-23)21-22(20(17)16-8-7-11-24-14-16)26-12-6-5-10-19(26)25-21/h5-8,10-12,14H,3-4,9H2,1-2H3. The molecule has 0 spiro atoms. The SMILES string of the molecule is CCCCc1c(C)c(C#N)c2nc3ccccn3c2c1-c1cccnc1. The number of benzene rings is 1. The number of hydrogen-bond donors (Lipinski definition) is 0. The Kier molecular flexibility index (Phi) is 4.14. The van der Waals surface area contributed by atoms with Crippen molar-refractivity contribution in [3.8, 4) is 17.2 Å². The number of hydrogen-bond acceptors (Lipinski definition) is 3. The minimum atomic E-state index is 0.683. The maximum absolute atomic E-state index is 9.84. The number of pyridine rings is 2. The monoisotopic (exact) mass is 340 g/mol. The third-order valence-electron chi connectivity index (χ3n) is 4.98. The molecule has 4 nitrogen and oxygen atoms in total. The van der Waals surface area contributed by atoms with E-state index in [-0.39, 0.29) is 0 Å². The van der Waals surface area contributed by atoms with Gasteiger partial charge in [0.05, 0.1) is 11.1 Å². The number of rotatable bonds is 4. The van der Waals surface area contributed by atoms with Gasteiger partial charge >= 0.3 is 0 Å². The molecule has 0 aliphatic carbocycles. The fourth-order valence-electron chi connectivity index (χ4n) is 3.69. The van der Waals surface area contributed by atoms with Gasteiger partial charge in [-0.15, -0.1) is 0 Å². The summed E-state index contributed by atoms with van der Waals surface area (Å²) in [6.45, 7) is 4.24. The molecule has 26 heavy (non-hydrogen) atoms. The highest BCUT2D eigenvalue weighted by atomic mass is 15.0. The second kappa shape index (κ2) is 6.61. The van der Waals surface area contributed by atoms with E-state index in [1.807, 2.05) is 43.6 Å². The van der Waals surface area contributed by atoms with Gasteiger partial charge in [0.2, 0.25) is 0 Å². The maximum atomic E-state index is 9.84. The van der Waals surface area contributed by atoms with Gasteiger partial charge in [-0.3, -0.25) is 9.38 Å². The van der Waals surface area contributed by atoms with Gasteiger partial charge in [-0.1, -0.05) is 25.5 Å². The first kappa shape index (κ1) is 16.3. The van der Waals surface area contributed by atoms with Gasteiger partial charge in [0.25, 0.3) is 0 Å². The van der Waals surface area contributed by atoms with Gasteiger partial charge in [-0.2, -0.15) is 5.26 Å². The summed E-state index contributed by atoms with van der Waals surface area (Å²) in [6, 6.07) is 12.4. The molecule has 0 fully saturated rings. The zero-order valence-corrected chi connectivity index (χ0v) is 15.0. The number of fused-ring (bicyclic) bond motifs is 3. The van der Waals surface area contributed by atoms with Crippen molar-refractivity contribution in [2.24, 2.45) is 0 Å². The van der Waals surface area contributed by atoms with Gasteiger partial charge in [0, 0.05) is 29.7 Å². The number of nitrogens with zero attached hydrogens (tertiary/aromatic N) is 4. The lowest BCUT2D eigenvalue weighted by Gasteiger charge is -2.16. The van der Waals surface area contributed by atoms with Gasteiger partial charge in [0.15, 0.2) is 0 Å². The largest absolute Gasteiger partial charge is 0.299 e. The van der Waals surface area contributed by atoms with Crippen LogP contribution in [-0.4, -0.2) is 14.4 Å². The topological polar surface area (TPSA) is 54.0 Å². The number of imidazole rings is 1. The first-order valence-corrected chi connectivity index (χ1v) is 8.99. The Morgan fingerprint density at radius 1 is 1.19 bits per heavy atom. The summed E-state index contributed by atoms with van der Waals surface area (Å²) in [5.41, 5.74) is 7.81. The Hall–Kier alpha value is -3.19. The molecule has 0 saturated carbocycles. The molecule has 1 aromatic carbocycles. The van der Waals surface area contributed by atoms with Gasteiger partial charge in [0.1, 0.15) is 17.2 Å². The second-order valence-electron chi connectivity index (χ2n) is 6.55. The molecule has 0 radical (unpaired) electrons. The Bertz CT molecular complexity index is 1130. The summed E-state index contributed by atoms with van der Waals surface area (Å²) in [7, 11) is 0. The average Bonchev–Trinajstić information content (AvgIpc) is 3.05. The molecule has 128 valence electrons. The molecule has 0 atom stereocenters. The van der Waals surface area contributed by atoms with Crippen molar-refractivity contribution in [2.45, 2.75) is 33.1 Å². The van der Waals surface area contributed by atoms with Crippen molar-refractivity contribution in [3.05, 3.63) is 65.6 Å². The van der Waals surface area contributed by atoms with Gasteiger partial charge in [-0.05, 0) is 49.1 Å². The molecule has 0 saturated heterocycles. The van der Waals surface area contributed by atoms with Crippen molar-refractivity contribution < 1.29 is 0 Å². The van der Waals surface area contributed by atoms with E-state index >= 15 is 0 Å². The predicted octanol–water partition coefficient (Wildman–Crippen LogP) is 5.07. The lowest BCUT2D eigenvalue weighted by Crippen LogP contribution is -2.01. The molecular formula is C22H20N4. The molecular weight excluding hydrogens is 320 g/mol. The molecule has 0 N–H and O–H groups in total. The summed E-state index contributed by atoms with van der Waals surface area (Å²) in [4.78, 5) is 9.11. The molecule has 0 unspecified atom stereocenters. The quantitative estimate of drug-likeness (QED) is 0.521. The Balaban J connectivity index is 2.22. The molecule has 3 heterocycles. The van der Waals surface area contributed by atoms with Crippen LogP contribution in [0, 0.1) is 18.3 Å². The minimum Gasteiger partial charge on any atom is -0.299 e. The number of aromatic nitrogens is 3. The van der Waals surface area contributed by atoms with Gasteiger partial charge in [-0.25, -0.2) is 4.98 Å². The highest BCUT2D eigenvalue weighted by Gasteiger charge is 2.22. The van der Waals surface area contributed by atoms with E-state index in [2.05, 4.69) is 28.4 Å². The van der Waals surface area contributed by atoms with Crippen molar-refractivity contribution >= 4 is 16.7 Å². The van der Waals surface area contributed by atoms with Crippen molar-refractivity contribution in [1.29, 1.82) is 5.26 Å². The van der Waals surface area contributed by atoms with E-state index in [9.17, 15) is 5.26 Å². The molecule has 0 amide bonds. The molecule has 4 aromatic rings. The molecule has 0 aliphatic rings. The van der Waals surface area contributed by atoms with Crippen LogP contribution < -0.4 is 0 Å². The first-order chi connectivity index (χ1) is 12.8. The van der Waals surface area contributed by atoms with E-state index in [1.54, 1.807) is 6.20 Å². The maximum Gasteiger partial charge on any atom is 0.137 e. The van der Waals surface area contributed by atoms with E-state index in [0.717, 1.165) is 52.6 Å². The van der Waals surface area contributed by atoms with Crippen LogP contribution in [0.3, 0.4) is 0 Å². The summed E-state index contributed by atoms with van der Waals surface area (Å²) >= 11 is 0. The fraction of sp³-hybridized carbons (Fsp3) is 0.227. The first-order valence-electron chi connectivity index (χ1n) is 8.99. The van der Waals surface area contributed by atoms with Crippen molar-refractivity contribution in [1.82, 2.24) is 14.4 Å². The summed E-state index contributed by atoms with van der Waals surface area (Å²) in [6.07, 6.45) is 8.84. The van der Waals surface area contributed by atoms with Crippen molar-refractivity contribution in [2.75, 3.05) is 0 Å². The smallest absolute Gasteiger partial charge is 0.137 e.